The molecule has 26 heavy (non-hydrogen) atoms. The number of rotatable bonds is 5. The summed E-state index contributed by atoms with van der Waals surface area (Å²) in [4.78, 5) is 7.56. The van der Waals surface area contributed by atoms with E-state index in [-0.39, 0.29) is 6.04 Å². The van der Waals surface area contributed by atoms with Crippen LogP contribution < -0.4 is 4.74 Å². The molecule has 4 heteroatoms. The zero-order valence-corrected chi connectivity index (χ0v) is 16.3. The summed E-state index contributed by atoms with van der Waals surface area (Å²) in [7, 11) is 2.20. The highest BCUT2D eigenvalue weighted by molar-refractivity contribution is 5.37. The topological polar surface area (TPSA) is 19.0 Å². The van der Waals surface area contributed by atoms with E-state index in [2.05, 4.69) is 52.9 Å². The molecule has 2 aliphatic heterocycles. The van der Waals surface area contributed by atoms with Crippen LogP contribution >= 0.6 is 0 Å². The molecule has 1 unspecified atom stereocenters. The molecule has 1 atom stereocenters. The van der Waals surface area contributed by atoms with Crippen molar-refractivity contribution in [1.82, 2.24) is 14.7 Å². The van der Waals surface area contributed by atoms with E-state index >= 15 is 0 Å². The third kappa shape index (κ3) is 4.08. The number of para-hydroxylation sites is 1. The van der Waals surface area contributed by atoms with Crippen LogP contribution in [0.15, 0.2) is 24.3 Å². The van der Waals surface area contributed by atoms with Crippen LogP contribution in [-0.4, -0.2) is 73.2 Å². The Morgan fingerprint density at radius 1 is 0.962 bits per heavy atom. The first-order valence-electron chi connectivity index (χ1n) is 10.5. The first-order valence-corrected chi connectivity index (χ1v) is 10.5. The third-order valence-corrected chi connectivity index (χ3v) is 6.62. The van der Waals surface area contributed by atoms with Crippen LogP contribution in [0.5, 0.6) is 5.75 Å². The number of piperidine rings is 1. The molecule has 4 nitrogen and oxygen atoms in total. The minimum absolute atomic E-state index is 0.176. The lowest BCUT2D eigenvalue weighted by Gasteiger charge is -2.42. The first kappa shape index (κ1) is 18.3. The largest absolute Gasteiger partial charge is 0.490 e. The molecular weight excluding hydrogens is 322 g/mol. The molecule has 0 amide bonds. The van der Waals surface area contributed by atoms with Crippen LogP contribution in [0.25, 0.3) is 0 Å². The first-order chi connectivity index (χ1) is 12.7. The fourth-order valence-electron chi connectivity index (χ4n) is 4.48. The maximum Gasteiger partial charge on any atom is 0.124 e. The fourth-order valence-corrected chi connectivity index (χ4v) is 4.48. The van der Waals surface area contributed by atoms with E-state index in [9.17, 15) is 0 Å². The number of likely N-dealkylation sites (N-methyl/N-ethyl adjacent to an activating group) is 1. The molecule has 2 heterocycles. The van der Waals surface area contributed by atoms with Crippen LogP contribution in [0.1, 0.15) is 43.7 Å². The van der Waals surface area contributed by atoms with Gasteiger partial charge in [-0.1, -0.05) is 24.6 Å². The van der Waals surface area contributed by atoms with E-state index in [0.717, 1.165) is 50.8 Å². The second kappa shape index (κ2) is 8.28. The molecule has 1 aliphatic carbocycles. The molecule has 4 rings (SSSR count). The molecule has 0 spiro atoms. The van der Waals surface area contributed by atoms with E-state index < -0.39 is 0 Å². The lowest BCUT2D eigenvalue weighted by atomic mass is 9.89. The summed E-state index contributed by atoms with van der Waals surface area (Å²) in [6.45, 7) is 11.3. The van der Waals surface area contributed by atoms with E-state index in [4.69, 9.17) is 4.74 Å². The molecular formula is C22H34N3O. The number of hydrogen-bond acceptors (Lipinski definition) is 4. The zero-order chi connectivity index (χ0) is 17.9. The molecule has 0 N–H and O–H groups in total. The fraction of sp³-hybridized carbons (Fsp3) is 0.682. The molecule has 0 bridgehead atoms. The van der Waals surface area contributed by atoms with Gasteiger partial charge in [0.25, 0.3) is 0 Å². The van der Waals surface area contributed by atoms with Crippen molar-refractivity contribution in [3.8, 4) is 5.75 Å². The van der Waals surface area contributed by atoms with Crippen molar-refractivity contribution in [2.24, 2.45) is 0 Å². The number of nitrogens with zero attached hydrogens (tertiary/aromatic N) is 3. The summed E-state index contributed by atoms with van der Waals surface area (Å²) in [6.07, 6.45) is 6.89. The number of likely N-dealkylation sites (tertiary alicyclic amines) is 1. The standard InChI is InChI=1S/C22H34N3O/c1-18(24-16-14-23(2)15-17-24)21-8-3-4-9-22(21)26-20-10-12-25(13-11-20)19-6-5-7-19/h3-4,8-9,18-20H,1,5-7,10-17H2,2H3. The van der Waals surface area contributed by atoms with Gasteiger partial charge in [0, 0.05) is 56.9 Å². The van der Waals surface area contributed by atoms with Crippen LogP contribution in [0.4, 0.5) is 0 Å². The molecule has 3 fully saturated rings. The molecule has 2 saturated heterocycles. The quantitative estimate of drug-likeness (QED) is 0.806. The Morgan fingerprint density at radius 2 is 1.65 bits per heavy atom. The lowest BCUT2D eigenvalue weighted by Crippen LogP contribution is -2.47. The Hall–Kier alpha value is -1.10. The maximum absolute atomic E-state index is 6.50. The maximum atomic E-state index is 6.50. The molecule has 1 radical (unpaired) electrons. The summed E-state index contributed by atoms with van der Waals surface area (Å²) in [5, 5.41) is 0. The lowest BCUT2D eigenvalue weighted by molar-refractivity contribution is 0.0480. The van der Waals surface area contributed by atoms with Crippen LogP contribution in [0, 0.1) is 6.92 Å². The molecule has 1 aromatic rings. The van der Waals surface area contributed by atoms with E-state index in [0.29, 0.717) is 6.10 Å². The highest BCUT2D eigenvalue weighted by Crippen LogP contribution is 2.32. The molecule has 1 aromatic carbocycles. The predicted octanol–water partition coefficient (Wildman–Crippen LogP) is 3.20. The SMILES string of the molecule is [CH2]C(c1ccccc1OC1CCN(C2CCC2)CC1)N1CCN(C)CC1. The second-order valence-corrected chi connectivity index (χ2v) is 8.33. The third-order valence-electron chi connectivity index (χ3n) is 6.62. The monoisotopic (exact) mass is 356 g/mol. The van der Waals surface area contributed by atoms with Gasteiger partial charge in [0.05, 0.1) is 0 Å². The highest BCUT2D eigenvalue weighted by Gasteiger charge is 2.30. The van der Waals surface area contributed by atoms with Gasteiger partial charge in [0.15, 0.2) is 0 Å². The van der Waals surface area contributed by atoms with Crippen molar-refractivity contribution in [3.63, 3.8) is 0 Å². The van der Waals surface area contributed by atoms with Crippen molar-refractivity contribution < 1.29 is 4.74 Å². The molecule has 1 saturated carbocycles. The van der Waals surface area contributed by atoms with Crippen LogP contribution in [0.2, 0.25) is 0 Å². The Balaban J connectivity index is 1.36. The van der Waals surface area contributed by atoms with Crippen molar-refractivity contribution >= 4 is 0 Å². The zero-order valence-electron chi connectivity index (χ0n) is 16.3. The Bertz CT molecular complexity index is 573. The van der Waals surface area contributed by atoms with Crippen molar-refractivity contribution in [3.05, 3.63) is 36.8 Å². The summed E-state index contributed by atoms with van der Waals surface area (Å²) < 4.78 is 6.50. The minimum Gasteiger partial charge on any atom is -0.490 e. The van der Waals surface area contributed by atoms with Crippen molar-refractivity contribution in [1.29, 1.82) is 0 Å². The normalized spacial score (nSPS) is 25.8. The Labute approximate surface area is 159 Å². The molecule has 3 aliphatic rings. The number of piperazine rings is 1. The van der Waals surface area contributed by atoms with Crippen molar-refractivity contribution in [2.45, 2.75) is 50.3 Å². The van der Waals surface area contributed by atoms with Gasteiger partial charge < -0.3 is 14.5 Å². The Kier molecular flexibility index (Phi) is 5.82. The van der Waals surface area contributed by atoms with Gasteiger partial charge >= 0.3 is 0 Å². The smallest absolute Gasteiger partial charge is 0.124 e. The van der Waals surface area contributed by atoms with Crippen molar-refractivity contribution in [2.75, 3.05) is 46.3 Å². The summed E-state index contributed by atoms with van der Waals surface area (Å²) in [5.74, 6) is 1.05. The van der Waals surface area contributed by atoms with Crippen LogP contribution in [-0.2, 0) is 0 Å². The average Bonchev–Trinajstić information content (AvgIpc) is 2.62. The van der Waals surface area contributed by atoms with Gasteiger partial charge in [-0.3, -0.25) is 4.90 Å². The van der Waals surface area contributed by atoms with Gasteiger partial charge in [0.1, 0.15) is 11.9 Å². The second-order valence-electron chi connectivity index (χ2n) is 8.33. The average molecular weight is 357 g/mol. The number of benzene rings is 1. The van der Waals surface area contributed by atoms with Gasteiger partial charge in [-0.05, 0) is 45.7 Å². The van der Waals surface area contributed by atoms with Gasteiger partial charge in [-0.25, -0.2) is 0 Å². The van der Waals surface area contributed by atoms with Gasteiger partial charge in [-0.2, -0.15) is 0 Å². The summed E-state index contributed by atoms with van der Waals surface area (Å²) in [6, 6.07) is 9.60. The predicted molar refractivity (Wildman–Crippen MR) is 106 cm³/mol. The van der Waals surface area contributed by atoms with E-state index in [1.807, 2.05) is 0 Å². The number of hydrogen-bond donors (Lipinski definition) is 0. The minimum atomic E-state index is 0.176. The summed E-state index contributed by atoms with van der Waals surface area (Å²) >= 11 is 0. The summed E-state index contributed by atoms with van der Waals surface area (Å²) in [5.41, 5.74) is 1.25. The van der Waals surface area contributed by atoms with Gasteiger partial charge in [-0.15, -0.1) is 0 Å². The molecule has 0 aromatic heterocycles. The van der Waals surface area contributed by atoms with E-state index in [1.165, 1.54) is 37.9 Å². The highest BCUT2D eigenvalue weighted by atomic mass is 16.5. The van der Waals surface area contributed by atoms with Crippen LogP contribution in [0.3, 0.4) is 0 Å². The number of ether oxygens (including phenoxy) is 1. The Morgan fingerprint density at radius 3 is 2.31 bits per heavy atom. The van der Waals surface area contributed by atoms with E-state index in [1.54, 1.807) is 0 Å². The van der Waals surface area contributed by atoms with Gasteiger partial charge in [0.2, 0.25) is 0 Å². The molecule has 143 valence electrons.